The molecule has 56 valence electrons. The Labute approximate surface area is 70.1 Å². The molecule has 0 aliphatic heterocycles. The third kappa shape index (κ3) is 4.58. The Hall–Kier alpha value is -0.280. The van der Waals surface area contributed by atoms with Crippen LogP contribution in [0.1, 0.15) is 0 Å². The minimum atomic E-state index is 0.287. The van der Waals surface area contributed by atoms with E-state index in [9.17, 15) is 0 Å². The summed E-state index contributed by atoms with van der Waals surface area (Å²) in [5.41, 5.74) is 0. The smallest absolute Gasteiger partial charge is 0.113 e. The Balaban J connectivity index is 3.94. The average Bonchev–Trinajstić information content (AvgIpc) is 1.98. The Kier molecular flexibility index (Phi) is 6.64. The molecule has 0 aliphatic rings. The zero-order valence-corrected chi connectivity index (χ0v) is 7.32. The van der Waals surface area contributed by atoms with E-state index in [1.54, 1.807) is 24.2 Å². The number of nitrogens with zero attached hydrogens (tertiary/aromatic N) is 2. The number of thioether (sulfide) groups is 1. The Morgan fingerprint density at radius 3 is 2.90 bits per heavy atom. The first kappa shape index (κ1) is 9.72. The van der Waals surface area contributed by atoms with E-state index in [0.717, 1.165) is 4.91 Å². The van der Waals surface area contributed by atoms with Crippen LogP contribution in [-0.2, 0) is 0 Å². The largest absolute Gasteiger partial charge is 0.276 e. The number of alkyl halides is 1. The van der Waals surface area contributed by atoms with Gasteiger partial charge >= 0.3 is 0 Å². The van der Waals surface area contributed by atoms with Gasteiger partial charge in [-0.2, -0.15) is 0 Å². The van der Waals surface area contributed by atoms with E-state index in [2.05, 4.69) is 16.7 Å². The summed E-state index contributed by atoms with van der Waals surface area (Å²) in [6.07, 6.45) is 5.25. The normalized spacial score (nSPS) is 12.4. The van der Waals surface area contributed by atoms with Crippen molar-refractivity contribution in [2.45, 2.75) is 0 Å². The Bertz CT molecular complexity index is 154. The summed E-state index contributed by atoms with van der Waals surface area (Å²) in [5, 5.41) is 0. The van der Waals surface area contributed by atoms with Crippen LogP contribution in [0.2, 0.25) is 0 Å². The van der Waals surface area contributed by atoms with Crippen molar-refractivity contribution in [2.75, 3.05) is 12.3 Å². The molecule has 0 aromatic carbocycles. The molecule has 0 amide bonds. The quantitative estimate of drug-likeness (QED) is 0.366. The van der Waals surface area contributed by atoms with E-state index in [-0.39, 0.29) is 6.00 Å². The van der Waals surface area contributed by atoms with Crippen molar-refractivity contribution in [3.05, 3.63) is 11.1 Å². The van der Waals surface area contributed by atoms with Crippen LogP contribution in [0.4, 0.5) is 0 Å². The van der Waals surface area contributed by atoms with Crippen LogP contribution in [0, 0.1) is 0 Å². The lowest BCUT2D eigenvalue weighted by atomic mass is 10.6. The van der Waals surface area contributed by atoms with Crippen LogP contribution in [0.15, 0.2) is 21.1 Å². The highest BCUT2D eigenvalue weighted by Gasteiger charge is 1.85. The number of hydrogen-bond donors (Lipinski definition) is 0. The maximum Gasteiger partial charge on any atom is 0.113 e. The van der Waals surface area contributed by atoms with Gasteiger partial charge in [0.05, 0.1) is 0 Å². The first-order chi connectivity index (χ1) is 4.85. The predicted octanol–water partition coefficient (Wildman–Crippen LogP) is 2.16. The summed E-state index contributed by atoms with van der Waals surface area (Å²) in [4.78, 5) is 8.37. The third-order valence-corrected chi connectivity index (χ3v) is 1.56. The third-order valence-electron chi connectivity index (χ3n) is 0.742. The standard InChI is InChI=1S/C6H9ClN2S/c1-8-3-6(10-2)4-9-5-7/h3-4H,1,5H2,2H3/b6-3+,9-4-. The molecule has 0 atom stereocenters. The van der Waals surface area contributed by atoms with Crippen molar-refractivity contribution in [2.24, 2.45) is 9.98 Å². The highest BCUT2D eigenvalue weighted by atomic mass is 35.5. The molecule has 4 heteroatoms. The van der Waals surface area contributed by atoms with Crippen LogP contribution in [0.5, 0.6) is 0 Å². The molecule has 0 saturated heterocycles. The molecular formula is C6H9ClN2S. The van der Waals surface area contributed by atoms with Gasteiger partial charge in [0.1, 0.15) is 6.00 Å². The molecule has 2 nitrogen and oxygen atoms in total. The van der Waals surface area contributed by atoms with E-state index >= 15 is 0 Å². The van der Waals surface area contributed by atoms with E-state index in [0.29, 0.717) is 0 Å². The van der Waals surface area contributed by atoms with Gasteiger partial charge in [-0.05, 0) is 13.0 Å². The van der Waals surface area contributed by atoms with Crippen LogP contribution < -0.4 is 0 Å². The maximum absolute atomic E-state index is 5.32. The van der Waals surface area contributed by atoms with Crippen molar-refractivity contribution in [3.8, 4) is 0 Å². The van der Waals surface area contributed by atoms with Crippen LogP contribution in [-0.4, -0.2) is 25.2 Å². The fourth-order valence-corrected chi connectivity index (χ4v) is 0.782. The van der Waals surface area contributed by atoms with Gasteiger partial charge in [0.2, 0.25) is 0 Å². The van der Waals surface area contributed by atoms with Crippen molar-refractivity contribution < 1.29 is 0 Å². The number of rotatable bonds is 4. The second-order valence-electron chi connectivity index (χ2n) is 1.35. The molecule has 10 heavy (non-hydrogen) atoms. The van der Waals surface area contributed by atoms with Crippen molar-refractivity contribution in [1.82, 2.24) is 0 Å². The summed E-state index contributed by atoms with van der Waals surface area (Å²) in [6, 6.07) is 0.287. The van der Waals surface area contributed by atoms with E-state index in [1.165, 1.54) is 0 Å². The van der Waals surface area contributed by atoms with Gasteiger partial charge in [0.15, 0.2) is 0 Å². The number of aliphatic imine (C=N–C) groups is 2. The second kappa shape index (κ2) is 6.83. The van der Waals surface area contributed by atoms with Gasteiger partial charge in [-0.15, -0.1) is 23.4 Å². The van der Waals surface area contributed by atoms with Gasteiger partial charge in [-0.25, -0.2) is 0 Å². The molecule has 0 aromatic rings. The van der Waals surface area contributed by atoms with Gasteiger partial charge in [0.25, 0.3) is 0 Å². The fourth-order valence-electron chi connectivity index (χ4n) is 0.353. The molecule has 0 unspecified atom stereocenters. The Morgan fingerprint density at radius 1 is 1.80 bits per heavy atom. The Morgan fingerprint density at radius 2 is 2.50 bits per heavy atom. The predicted molar refractivity (Wildman–Crippen MR) is 50.4 cm³/mol. The molecular weight excluding hydrogens is 168 g/mol. The molecule has 0 N–H and O–H groups in total. The van der Waals surface area contributed by atoms with Crippen LogP contribution in [0.25, 0.3) is 0 Å². The lowest BCUT2D eigenvalue weighted by Gasteiger charge is -1.90. The SMILES string of the molecule is C=N/C=C(\C=N/CCl)SC. The molecule has 0 radical (unpaired) electrons. The maximum atomic E-state index is 5.32. The summed E-state index contributed by atoms with van der Waals surface area (Å²) in [6.45, 7) is 3.32. The summed E-state index contributed by atoms with van der Waals surface area (Å²) in [5.74, 6) is 0. The average molecular weight is 177 g/mol. The van der Waals surface area contributed by atoms with Gasteiger partial charge in [-0.3, -0.25) is 9.98 Å². The molecule has 0 heterocycles. The zero-order valence-electron chi connectivity index (χ0n) is 5.75. The minimum absolute atomic E-state index is 0.287. The van der Waals surface area contributed by atoms with E-state index in [4.69, 9.17) is 11.6 Å². The van der Waals surface area contributed by atoms with E-state index in [1.807, 2.05) is 6.26 Å². The molecule has 0 bridgehead atoms. The summed E-state index contributed by atoms with van der Waals surface area (Å²) in [7, 11) is 0. The molecule has 0 spiro atoms. The molecule has 0 saturated carbocycles. The fraction of sp³-hybridized carbons (Fsp3) is 0.333. The highest BCUT2D eigenvalue weighted by Crippen LogP contribution is 2.07. The number of allylic oxidation sites excluding steroid dienone is 1. The first-order valence-electron chi connectivity index (χ1n) is 2.61. The summed E-state index contributed by atoms with van der Waals surface area (Å²) >= 11 is 6.88. The molecule has 0 fully saturated rings. The van der Waals surface area contributed by atoms with Crippen LogP contribution >= 0.6 is 23.4 Å². The van der Waals surface area contributed by atoms with Gasteiger partial charge in [-0.1, -0.05) is 0 Å². The molecule has 0 aromatic heterocycles. The van der Waals surface area contributed by atoms with Gasteiger partial charge < -0.3 is 0 Å². The topological polar surface area (TPSA) is 24.7 Å². The molecule has 0 rings (SSSR count). The lowest BCUT2D eigenvalue weighted by Crippen LogP contribution is -1.77. The van der Waals surface area contributed by atoms with Crippen molar-refractivity contribution in [1.29, 1.82) is 0 Å². The van der Waals surface area contributed by atoms with E-state index < -0.39 is 0 Å². The minimum Gasteiger partial charge on any atom is -0.276 e. The molecule has 0 aliphatic carbocycles. The van der Waals surface area contributed by atoms with Crippen molar-refractivity contribution in [3.63, 3.8) is 0 Å². The second-order valence-corrected chi connectivity index (χ2v) is 2.47. The highest BCUT2D eigenvalue weighted by molar-refractivity contribution is 8.03. The van der Waals surface area contributed by atoms with Crippen molar-refractivity contribution >= 4 is 36.3 Å². The monoisotopic (exact) mass is 176 g/mol. The van der Waals surface area contributed by atoms with Crippen LogP contribution in [0.3, 0.4) is 0 Å². The zero-order chi connectivity index (χ0) is 7.82. The summed E-state index contributed by atoms with van der Waals surface area (Å²) < 4.78 is 0. The first-order valence-corrected chi connectivity index (χ1v) is 4.37. The lowest BCUT2D eigenvalue weighted by molar-refractivity contribution is 1.38. The number of hydrogen-bond acceptors (Lipinski definition) is 3. The number of halogens is 1. The van der Waals surface area contributed by atoms with Gasteiger partial charge in [0, 0.05) is 17.3 Å².